The molecule has 35 heavy (non-hydrogen) atoms. The van der Waals surface area contributed by atoms with Gasteiger partial charge in [-0.15, -0.1) is 0 Å². The summed E-state index contributed by atoms with van der Waals surface area (Å²) >= 11 is 0. The van der Waals surface area contributed by atoms with Gasteiger partial charge >= 0.3 is 0 Å². The summed E-state index contributed by atoms with van der Waals surface area (Å²) in [6.45, 7) is 3.43. The van der Waals surface area contributed by atoms with Crippen molar-refractivity contribution in [3.8, 4) is 5.75 Å². The second-order valence-corrected chi connectivity index (χ2v) is 9.50. The number of para-hydroxylation sites is 1. The molecule has 2 aliphatic rings. The van der Waals surface area contributed by atoms with Crippen molar-refractivity contribution in [2.24, 2.45) is 5.92 Å². The number of hydrogen-bond acceptors (Lipinski definition) is 4. The van der Waals surface area contributed by atoms with Gasteiger partial charge in [-0.2, -0.15) is 0 Å². The van der Waals surface area contributed by atoms with Gasteiger partial charge in [0.25, 0.3) is 0 Å². The van der Waals surface area contributed by atoms with Crippen LogP contribution < -0.4 is 9.64 Å². The maximum atomic E-state index is 14.0. The number of imidazole rings is 1. The molecule has 0 spiro atoms. The number of carbonyl (C=O) groups excluding carboxylic acids is 2. The molecule has 0 bridgehead atoms. The standard InChI is InChI=1S/C28H32N4O3/c1-20-7-9-22(10-8-20)32-26(33)12-11-24(27(32)23-5-3-4-6-25(23)35-2)28(34)30-16-13-21(14-17-30)31-18-15-29-19-31/h3-10,15,18-19,21,24,27H,11-14,16-17H2,1-2H3. The molecule has 2 aliphatic heterocycles. The minimum Gasteiger partial charge on any atom is -0.496 e. The van der Waals surface area contributed by atoms with Crippen molar-refractivity contribution in [1.82, 2.24) is 14.5 Å². The molecule has 2 atom stereocenters. The predicted octanol–water partition coefficient (Wildman–Crippen LogP) is 4.55. The van der Waals surface area contributed by atoms with Crippen LogP contribution in [-0.2, 0) is 9.59 Å². The molecular formula is C28H32N4O3. The van der Waals surface area contributed by atoms with Crippen LogP contribution in [-0.4, -0.2) is 46.5 Å². The van der Waals surface area contributed by atoms with E-state index in [2.05, 4.69) is 9.55 Å². The molecule has 0 aliphatic carbocycles. The van der Waals surface area contributed by atoms with Crippen LogP contribution in [0.3, 0.4) is 0 Å². The Morgan fingerprint density at radius 3 is 2.46 bits per heavy atom. The number of methoxy groups -OCH3 is 1. The molecule has 5 rings (SSSR count). The summed E-state index contributed by atoms with van der Waals surface area (Å²) in [7, 11) is 1.64. The van der Waals surface area contributed by atoms with Crippen molar-refractivity contribution in [3.05, 3.63) is 78.4 Å². The summed E-state index contributed by atoms with van der Waals surface area (Å²) < 4.78 is 7.83. The largest absolute Gasteiger partial charge is 0.496 e. The van der Waals surface area contributed by atoms with Gasteiger partial charge in [0, 0.05) is 49.2 Å². The molecule has 0 saturated carbocycles. The number of nitrogens with zero attached hydrogens (tertiary/aromatic N) is 4. The topological polar surface area (TPSA) is 67.7 Å². The van der Waals surface area contributed by atoms with Crippen LogP contribution in [0.15, 0.2) is 67.3 Å². The third-order valence-electron chi connectivity index (χ3n) is 7.41. The lowest BCUT2D eigenvalue weighted by Gasteiger charge is -2.43. The molecule has 182 valence electrons. The van der Waals surface area contributed by atoms with E-state index in [1.165, 1.54) is 0 Å². The lowest BCUT2D eigenvalue weighted by atomic mass is 9.82. The Hall–Kier alpha value is -3.61. The molecule has 7 nitrogen and oxygen atoms in total. The van der Waals surface area contributed by atoms with E-state index in [4.69, 9.17) is 4.74 Å². The van der Waals surface area contributed by atoms with Crippen molar-refractivity contribution in [1.29, 1.82) is 0 Å². The molecule has 3 aromatic rings. The molecule has 7 heteroatoms. The van der Waals surface area contributed by atoms with E-state index in [1.807, 2.05) is 77.8 Å². The lowest BCUT2D eigenvalue weighted by molar-refractivity contribution is -0.139. The van der Waals surface area contributed by atoms with Gasteiger partial charge in [0.15, 0.2) is 0 Å². The van der Waals surface area contributed by atoms with Crippen LogP contribution in [0.5, 0.6) is 5.75 Å². The molecule has 0 radical (unpaired) electrons. The number of amides is 2. The Bertz CT molecular complexity index is 1170. The number of aryl methyl sites for hydroxylation is 1. The van der Waals surface area contributed by atoms with Crippen molar-refractivity contribution >= 4 is 17.5 Å². The Labute approximate surface area is 206 Å². The molecule has 2 saturated heterocycles. The van der Waals surface area contributed by atoms with Gasteiger partial charge in [-0.05, 0) is 44.4 Å². The van der Waals surface area contributed by atoms with Gasteiger partial charge < -0.3 is 19.1 Å². The van der Waals surface area contributed by atoms with Crippen molar-refractivity contribution < 1.29 is 14.3 Å². The summed E-state index contributed by atoms with van der Waals surface area (Å²) in [4.78, 5) is 35.3. The molecule has 2 unspecified atom stereocenters. The van der Waals surface area contributed by atoms with E-state index in [-0.39, 0.29) is 17.7 Å². The lowest BCUT2D eigenvalue weighted by Crippen LogP contribution is -2.50. The Balaban J connectivity index is 1.47. The van der Waals surface area contributed by atoms with Gasteiger partial charge in [-0.25, -0.2) is 4.98 Å². The first kappa shape index (κ1) is 23.1. The fourth-order valence-corrected chi connectivity index (χ4v) is 5.53. The van der Waals surface area contributed by atoms with E-state index in [0.717, 1.165) is 29.7 Å². The summed E-state index contributed by atoms with van der Waals surface area (Å²) in [5.41, 5.74) is 2.81. The fraction of sp³-hybridized carbons (Fsp3) is 0.393. The normalized spacial score (nSPS) is 21.3. The average molecular weight is 473 g/mol. The van der Waals surface area contributed by atoms with Gasteiger partial charge in [-0.3, -0.25) is 9.59 Å². The van der Waals surface area contributed by atoms with Crippen LogP contribution in [0, 0.1) is 12.8 Å². The maximum Gasteiger partial charge on any atom is 0.228 e. The number of rotatable bonds is 5. The minimum absolute atomic E-state index is 0.0348. The highest BCUT2D eigenvalue weighted by molar-refractivity contribution is 5.97. The second kappa shape index (κ2) is 9.94. The zero-order valence-electron chi connectivity index (χ0n) is 20.3. The quantitative estimate of drug-likeness (QED) is 0.547. The van der Waals surface area contributed by atoms with Crippen molar-refractivity contribution in [3.63, 3.8) is 0 Å². The Kier molecular flexibility index (Phi) is 6.57. The predicted molar refractivity (Wildman–Crippen MR) is 134 cm³/mol. The first-order valence-electron chi connectivity index (χ1n) is 12.3. The highest BCUT2D eigenvalue weighted by atomic mass is 16.5. The van der Waals surface area contributed by atoms with E-state index in [0.29, 0.717) is 37.7 Å². The maximum absolute atomic E-state index is 14.0. The molecule has 2 fully saturated rings. The summed E-state index contributed by atoms with van der Waals surface area (Å²) in [6, 6.07) is 15.6. The van der Waals surface area contributed by atoms with Crippen molar-refractivity contribution in [2.75, 3.05) is 25.1 Å². The van der Waals surface area contributed by atoms with Gasteiger partial charge in [-0.1, -0.05) is 35.9 Å². The Morgan fingerprint density at radius 2 is 1.77 bits per heavy atom. The van der Waals surface area contributed by atoms with Gasteiger partial charge in [0.2, 0.25) is 11.8 Å². The summed E-state index contributed by atoms with van der Waals surface area (Å²) in [6.07, 6.45) is 8.32. The number of likely N-dealkylation sites (tertiary alicyclic amines) is 1. The molecule has 2 amide bonds. The molecule has 3 heterocycles. The molecule has 0 N–H and O–H groups in total. The van der Waals surface area contributed by atoms with Crippen LogP contribution in [0.4, 0.5) is 5.69 Å². The monoisotopic (exact) mass is 472 g/mol. The minimum atomic E-state index is -0.422. The first-order chi connectivity index (χ1) is 17.1. The third-order valence-corrected chi connectivity index (χ3v) is 7.41. The third kappa shape index (κ3) is 4.55. The average Bonchev–Trinajstić information content (AvgIpc) is 3.44. The van der Waals surface area contributed by atoms with Crippen LogP contribution in [0.1, 0.15) is 48.9 Å². The number of aromatic nitrogens is 2. The van der Waals surface area contributed by atoms with Crippen LogP contribution >= 0.6 is 0 Å². The second-order valence-electron chi connectivity index (χ2n) is 9.50. The van der Waals surface area contributed by atoms with E-state index in [9.17, 15) is 9.59 Å². The smallest absolute Gasteiger partial charge is 0.228 e. The highest BCUT2D eigenvalue weighted by Gasteiger charge is 2.44. The number of carbonyl (C=O) groups is 2. The van der Waals surface area contributed by atoms with Gasteiger partial charge in [0.05, 0.1) is 25.4 Å². The SMILES string of the molecule is COc1ccccc1C1C(C(=O)N2CCC(n3ccnc3)CC2)CCC(=O)N1c1ccc(C)cc1. The Morgan fingerprint density at radius 1 is 1.03 bits per heavy atom. The number of piperidine rings is 2. The summed E-state index contributed by atoms with van der Waals surface area (Å²) in [5.74, 6) is 0.512. The zero-order chi connectivity index (χ0) is 24.4. The number of ether oxygens (including phenoxy) is 1. The highest BCUT2D eigenvalue weighted by Crippen LogP contribution is 2.44. The molecular weight excluding hydrogens is 440 g/mol. The van der Waals surface area contributed by atoms with Crippen LogP contribution in [0.2, 0.25) is 0 Å². The molecule has 1 aromatic heterocycles. The number of benzene rings is 2. The fourth-order valence-electron chi connectivity index (χ4n) is 5.53. The number of hydrogen-bond donors (Lipinski definition) is 0. The van der Waals surface area contributed by atoms with E-state index < -0.39 is 6.04 Å². The van der Waals surface area contributed by atoms with Crippen LogP contribution in [0.25, 0.3) is 0 Å². The van der Waals surface area contributed by atoms with E-state index in [1.54, 1.807) is 13.3 Å². The van der Waals surface area contributed by atoms with Gasteiger partial charge in [0.1, 0.15) is 5.75 Å². The van der Waals surface area contributed by atoms with Crippen molar-refractivity contribution in [2.45, 2.75) is 44.7 Å². The zero-order valence-corrected chi connectivity index (χ0v) is 20.3. The first-order valence-corrected chi connectivity index (χ1v) is 12.3. The number of anilines is 1. The molecule has 2 aromatic carbocycles. The summed E-state index contributed by atoms with van der Waals surface area (Å²) in [5, 5.41) is 0. The van der Waals surface area contributed by atoms with E-state index >= 15 is 0 Å².